The van der Waals surface area contributed by atoms with Crippen molar-refractivity contribution < 1.29 is 4.79 Å². The number of rotatable bonds is 2. The van der Waals surface area contributed by atoms with Crippen LogP contribution in [-0.2, 0) is 11.8 Å². The van der Waals surface area contributed by atoms with Crippen LogP contribution in [-0.4, -0.2) is 27.7 Å². The summed E-state index contributed by atoms with van der Waals surface area (Å²) in [4.78, 5) is 14.5. The largest absolute Gasteiger partial charge is 0.316 e. The summed E-state index contributed by atoms with van der Waals surface area (Å²) in [6, 6.07) is 5.28. The Kier molecular flexibility index (Phi) is 3.02. The quantitative estimate of drug-likeness (QED) is 0.900. The summed E-state index contributed by atoms with van der Waals surface area (Å²) in [6.07, 6.45) is 0. The number of carbonyl (C=O) groups is 1. The van der Waals surface area contributed by atoms with Gasteiger partial charge in [0, 0.05) is 30.2 Å². The van der Waals surface area contributed by atoms with E-state index in [2.05, 4.69) is 10.2 Å². The van der Waals surface area contributed by atoms with Gasteiger partial charge in [-0.05, 0) is 30.8 Å². The molecule has 0 saturated heterocycles. The third kappa shape index (κ3) is 1.90. The Labute approximate surface area is 121 Å². The van der Waals surface area contributed by atoms with Crippen LogP contribution in [0.2, 0.25) is 0 Å². The number of hydrogen-bond donors (Lipinski definition) is 1. The van der Waals surface area contributed by atoms with Crippen LogP contribution < -0.4 is 10.6 Å². The van der Waals surface area contributed by atoms with Crippen LogP contribution in [0.15, 0.2) is 28.3 Å². The van der Waals surface area contributed by atoms with Crippen molar-refractivity contribution in [2.24, 2.45) is 12.8 Å². The summed E-state index contributed by atoms with van der Waals surface area (Å²) >= 11 is 1.52. The van der Waals surface area contributed by atoms with E-state index in [-0.39, 0.29) is 5.91 Å². The van der Waals surface area contributed by atoms with Crippen molar-refractivity contribution in [1.82, 2.24) is 14.8 Å². The van der Waals surface area contributed by atoms with Crippen molar-refractivity contribution in [2.75, 3.05) is 11.9 Å². The molecule has 0 saturated carbocycles. The van der Waals surface area contributed by atoms with Crippen molar-refractivity contribution in [2.45, 2.75) is 23.0 Å². The second kappa shape index (κ2) is 4.60. The molecule has 1 aliphatic heterocycles. The summed E-state index contributed by atoms with van der Waals surface area (Å²) < 4.78 is 1.93. The second-order valence-corrected chi connectivity index (χ2v) is 5.83. The molecule has 1 unspecified atom stereocenters. The van der Waals surface area contributed by atoms with Crippen molar-refractivity contribution in [3.05, 3.63) is 29.6 Å². The Morgan fingerprint density at radius 2 is 2.05 bits per heavy atom. The number of likely N-dealkylation sites (N-methyl/N-ethyl adjacent to an activating group) is 1. The lowest BCUT2D eigenvalue weighted by atomic mass is 10.1. The van der Waals surface area contributed by atoms with Gasteiger partial charge >= 0.3 is 0 Å². The van der Waals surface area contributed by atoms with E-state index in [1.165, 1.54) is 11.8 Å². The summed E-state index contributed by atoms with van der Waals surface area (Å²) in [7, 11) is 3.67. The maximum atomic E-state index is 11.9. The van der Waals surface area contributed by atoms with E-state index < -0.39 is 6.04 Å². The maximum Gasteiger partial charge on any atom is 0.248 e. The zero-order chi connectivity index (χ0) is 14.4. The monoisotopic (exact) mass is 289 g/mol. The predicted octanol–water partition coefficient (Wildman–Crippen LogP) is 1.25. The van der Waals surface area contributed by atoms with Gasteiger partial charge in [0.05, 0.1) is 0 Å². The van der Waals surface area contributed by atoms with Crippen LogP contribution in [0.5, 0.6) is 0 Å². The van der Waals surface area contributed by atoms with Crippen LogP contribution in [0, 0.1) is 6.92 Å². The molecule has 104 valence electrons. The Morgan fingerprint density at radius 3 is 2.70 bits per heavy atom. The molecule has 1 aromatic heterocycles. The molecule has 1 aliphatic rings. The molecule has 0 aliphatic carbocycles. The molecule has 0 radical (unpaired) electrons. The number of aryl methyl sites for hydroxylation is 1. The smallest absolute Gasteiger partial charge is 0.248 e. The number of nitrogens with zero attached hydrogens (tertiary/aromatic N) is 4. The standard InChI is InChI=1S/C13H15N5OS/c1-7-15-16-13(17(7)2)20-8-4-5-9-10(6-8)18(3)12(19)11(9)14/h4-6,11H,14H2,1-3H3. The lowest BCUT2D eigenvalue weighted by Crippen LogP contribution is -2.27. The van der Waals surface area contributed by atoms with Crippen molar-refractivity contribution in [3.8, 4) is 0 Å². The second-order valence-electron chi connectivity index (χ2n) is 4.79. The van der Waals surface area contributed by atoms with Crippen LogP contribution in [0.25, 0.3) is 0 Å². The average molecular weight is 289 g/mol. The molecule has 0 spiro atoms. The molecule has 0 fully saturated rings. The highest BCUT2D eigenvalue weighted by Gasteiger charge is 2.32. The first-order valence-electron chi connectivity index (χ1n) is 6.20. The predicted molar refractivity (Wildman–Crippen MR) is 76.6 cm³/mol. The Morgan fingerprint density at radius 1 is 1.30 bits per heavy atom. The number of carbonyl (C=O) groups excluding carboxylic acids is 1. The van der Waals surface area contributed by atoms with E-state index in [1.807, 2.05) is 36.7 Å². The minimum atomic E-state index is -0.550. The third-order valence-electron chi connectivity index (χ3n) is 3.56. The molecule has 2 heterocycles. The van der Waals surface area contributed by atoms with Gasteiger partial charge in [0.25, 0.3) is 0 Å². The normalized spacial score (nSPS) is 17.7. The number of anilines is 1. The molecule has 1 atom stereocenters. The van der Waals surface area contributed by atoms with Crippen molar-refractivity contribution >= 4 is 23.4 Å². The van der Waals surface area contributed by atoms with Gasteiger partial charge in [-0.25, -0.2) is 0 Å². The lowest BCUT2D eigenvalue weighted by molar-refractivity contribution is -0.118. The SMILES string of the molecule is Cc1nnc(Sc2ccc3c(c2)N(C)C(=O)C3N)n1C. The molecule has 1 amide bonds. The average Bonchev–Trinajstić information content (AvgIpc) is 2.86. The maximum absolute atomic E-state index is 11.9. The summed E-state index contributed by atoms with van der Waals surface area (Å²) in [5, 5.41) is 8.97. The van der Waals surface area contributed by atoms with Crippen LogP contribution >= 0.6 is 11.8 Å². The van der Waals surface area contributed by atoms with Gasteiger partial charge in [-0.1, -0.05) is 6.07 Å². The lowest BCUT2D eigenvalue weighted by Gasteiger charge is -2.10. The summed E-state index contributed by atoms with van der Waals surface area (Å²) in [5.41, 5.74) is 7.62. The number of fused-ring (bicyclic) bond motifs is 1. The highest BCUT2D eigenvalue weighted by molar-refractivity contribution is 7.99. The van der Waals surface area contributed by atoms with Crippen molar-refractivity contribution in [3.63, 3.8) is 0 Å². The van der Waals surface area contributed by atoms with Gasteiger partial charge in [-0.15, -0.1) is 10.2 Å². The van der Waals surface area contributed by atoms with Gasteiger partial charge in [0.2, 0.25) is 5.91 Å². The fourth-order valence-electron chi connectivity index (χ4n) is 2.18. The molecule has 20 heavy (non-hydrogen) atoms. The zero-order valence-electron chi connectivity index (χ0n) is 11.5. The molecule has 1 aromatic carbocycles. The minimum absolute atomic E-state index is 0.0725. The third-order valence-corrected chi connectivity index (χ3v) is 4.58. The molecular formula is C13H15N5OS. The van der Waals surface area contributed by atoms with Gasteiger partial charge < -0.3 is 15.2 Å². The van der Waals surface area contributed by atoms with Crippen LogP contribution in [0.4, 0.5) is 5.69 Å². The Hall–Kier alpha value is -1.86. The van der Waals surface area contributed by atoms with Gasteiger partial charge in [0.15, 0.2) is 5.16 Å². The molecule has 0 bridgehead atoms. The van der Waals surface area contributed by atoms with Gasteiger partial charge in [-0.2, -0.15) is 0 Å². The zero-order valence-corrected chi connectivity index (χ0v) is 12.3. The van der Waals surface area contributed by atoms with Gasteiger partial charge in [-0.3, -0.25) is 4.79 Å². The number of aromatic nitrogens is 3. The Bertz CT molecular complexity index is 696. The number of hydrogen-bond acceptors (Lipinski definition) is 5. The molecule has 2 N–H and O–H groups in total. The molecule has 2 aromatic rings. The van der Waals surface area contributed by atoms with E-state index in [1.54, 1.807) is 11.9 Å². The van der Waals surface area contributed by atoms with E-state index in [0.29, 0.717) is 0 Å². The topological polar surface area (TPSA) is 77.0 Å². The number of nitrogens with two attached hydrogens (primary N) is 1. The first kappa shape index (κ1) is 13.1. The van der Waals surface area contributed by atoms with Crippen LogP contribution in [0.1, 0.15) is 17.4 Å². The summed E-state index contributed by atoms with van der Waals surface area (Å²) in [6.45, 7) is 1.91. The number of benzene rings is 1. The minimum Gasteiger partial charge on any atom is -0.316 e. The van der Waals surface area contributed by atoms with Crippen LogP contribution in [0.3, 0.4) is 0 Å². The highest BCUT2D eigenvalue weighted by Crippen LogP contribution is 2.37. The summed E-state index contributed by atoms with van der Waals surface area (Å²) in [5.74, 6) is 0.791. The first-order valence-corrected chi connectivity index (χ1v) is 7.01. The van der Waals surface area contributed by atoms with E-state index in [4.69, 9.17) is 5.73 Å². The molecule has 7 heteroatoms. The number of amides is 1. The molecule has 6 nitrogen and oxygen atoms in total. The molecular weight excluding hydrogens is 274 g/mol. The van der Waals surface area contributed by atoms with Crippen molar-refractivity contribution in [1.29, 1.82) is 0 Å². The first-order chi connectivity index (χ1) is 9.49. The Balaban J connectivity index is 1.94. The van der Waals surface area contributed by atoms with E-state index in [9.17, 15) is 4.79 Å². The fourth-order valence-corrected chi connectivity index (χ4v) is 3.05. The van der Waals surface area contributed by atoms with Gasteiger partial charge in [0.1, 0.15) is 11.9 Å². The van der Waals surface area contributed by atoms with E-state index >= 15 is 0 Å². The molecule has 3 rings (SSSR count). The van der Waals surface area contributed by atoms with E-state index in [0.717, 1.165) is 27.1 Å². The highest BCUT2D eigenvalue weighted by atomic mass is 32.2. The fraction of sp³-hybridized carbons (Fsp3) is 0.308.